The average molecular weight is 375 g/mol. The van der Waals surface area contributed by atoms with Gasteiger partial charge in [-0.1, -0.05) is 25.0 Å². The van der Waals surface area contributed by atoms with Crippen LogP contribution < -0.4 is 4.74 Å². The van der Waals surface area contributed by atoms with Crippen molar-refractivity contribution in [2.75, 3.05) is 26.8 Å². The smallest absolute Gasteiger partial charge is 0.497 e. The molecule has 1 saturated heterocycles. The van der Waals surface area contributed by atoms with Crippen molar-refractivity contribution < 1.29 is 23.8 Å². The normalized spacial score (nSPS) is 23.1. The Bertz CT molecular complexity index is 638. The molecule has 1 amide bonds. The number of piperidine rings is 1. The van der Waals surface area contributed by atoms with E-state index >= 15 is 0 Å². The quantitative estimate of drug-likeness (QED) is 0.734. The van der Waals surface area contributed by atoms with E-state index < -0.39 is 6.16 Å². The Morgan fingerprint density at radius 2 is 1.81 bits per heavy atom. The number of carbonyl (C=O) groups is 2. The number of amides is 1. The van der Waals surface area contributed by atoms with Gasteiger partial charge >= 0.3 is 6.16 Å². The highest BCUT2D eigenvalue weighted by atomic mass is 16.7. The van der Waals surface area contributed by atoms with Crippen LogP contribution in [0.15, 0.2) is 24.3 Å². The maximum atomic E-state index is 13.0. The van der Waals surface area contributed by atoms with Crippen molar-refractivity contribution in [1.29, 1.82) is 0 Å². The van der Waals surface area contributed by atoms with Crippen molar-refractivity contribution in [2.45, 2.75) is 51.0 Å². The zero-order valence-electron chi connectivity index (χ0n) is 16.2. The largest absolute Gasteiger partial charge is 0.508 e. The highest BCUT2D eigenvalue weighted by Gasteiger charge is 2.36. The summed E-state index contributed by atoms with van der Waals surface area (Å²) < 4.78 is 15.7. The summed E-state index contributed by atoms with van der Waals surface area (Å²) in [4.78, 5) is 26.7. The van der Waals surface area contributed by atoms with E-state index in [9.17, 15) is 9.59 Å². The number of hydrogen-bond acceptors (Lipinski definition) is 5. The van der Waals surface area contributed by atoms with Crippen LogP contribution in [0, 0.1) is 5.92 Å². The Labute approximate surface area is 160 Å². The van der Waals surface area contributed by atoms with Crippen LogP contribution in [-0.2, 0) is 14.3 Å². The molecule has 0 bridgehead atoms. The zero-order valence-corrected chi connectivity index (χ0v) is 16.2. The predicted molar refractivity (Wildman–Crippen MR) is 101 cm³/mol. The molecular formula is C21H29NO5. The summed E-state index contributed by atoms with van der Waals surface area (Å²) in [7, 11) is 1.64. The van der Waals surface area contributed by atoms with Crippen LogP contribution in [0.2, 0.25) is 0 Å². The third-order valence-electron chi connectivity index (χ3n) is 5.54. The van der Waals surface area contributed by atoms with E-state index in [1.807, 2.05) is 29.2 Å². The lowest BCUT2D eigenvalue weighted by atomic mass is 9.88. The van der Waals surface area contributed by atoms with Crippen LogP contribution in [-0.4, -0.2) is 49.9 Å². The van der Waals surface area contributed by atoms with Gasteiger partial charge in [0.1, 0.15) is 11.9 Å². The minimum atomic E-state index is -0.661. The SMILES string of the molecule is CCOC(=O)OC1CC(c2ccc(OC)cc2)CN(C(=O)C2CCCC2)C1. The monoisotopic (exact) mass is 375 g/mol. The Morgan fingerprint density at radius 1 is 1.11 bits per heavy atom. The number of ether oxygens (including phenoxy) is 3. The number of hydrogen-bond donors (Lipinski definition) is 0. The van der Waals surface area contributed by atoms with Crippen molar-refractivity contribution >= 4 is 12.1 Å². The Hall–Kier alpha value is -2.24. The van der Waals surface area contributed by atoms with E-state index in [2.05, 4.69) is 0 Å². The molecule has 1 saturated carbocycles. The second kappa shape index (κ2) is 9.11. The van der Waals surface area contributed by atoms with Crippen LogP contribution in [0.4, 0.5) is 4.79 Å². The van der Waals surface area contributed by atoms with E-state index in [0.717, 1.165) is 37.0 Å². The molecule has 0 aromatic heterocycles. The molecule has 2 unspecified atom stereocenters. The molecule has 1 heterocycles. The number of nitrogens with zero attached hydrogens (tertiary/aromatic N) is 1. The van der Waals surface area contributed by atoms with E-state index in [1.165, 1.54) is 0 Å². The summed E-state index contributed by atoms with van der Waals surface area (Å²) in [5, 5.41) is 0. The van der Waals surface area contributed by atoms with Gasteiger partial charge in [-0.3, -0.25) is 4.79 Å². The molecule has 2 fully saturated rings. The van der Waals surface area contributed by atoms with Gasteiger partial charge < -0.3 is 19.1 Å². The van der Waals surface area contributed by atoms with Crippen LogP contribution in [0.1, 0.15) is 50.5 Å². The molecule has 6 heteroatoms. The molecule has 148 valence electrons. The summed E-state index contributed by atoms with van der Waals surface area (Å²) >= 11 is 0. The molecule has 3 rings (SSSR count). The van der Waals surface area contributed by atoms with Crippen LogP contribution in [0.25, 0.3) is 0 Å². The summed E-state index contributed by atoms with van der Waals surface area (Å²) in [6.07, 6.45) is 3.84. The van der Waals surface area contributed by atoms with E-state index in [0.29, 0.717) is 19.5 Å². The molecule has 0 N–H and O–H groups in total. The molecule has 2 atom stereocenters. The van der Waals surface area contributed by atoms with Crippen molar-refractivity contribution in [3.63, 3.8) is 0 Å². The number of rotatable bonds is 5. The molecule has 0 spiro atoms. The van der Waals surface area contributed by atoms with Crippen molar-refractivity contribution in [3.8, 4) is 5.75 Å². The fourth-order valence-electron chi connectivity index (χ4n) is 4.15. The van der Waals surface area contributed by atoms with Gasteiger partial charge in [-0.2, -0.15) is 0 Å². The van der Waals surface area contributed by atoms with Gasteiger partial charge in [0.05, 0.1) is 20.3 Å². The molecule has 1 aliphatic carbocycles. The van der Waals surface area contributed by atoms with Crippen LogP contribution in [0.3, 0.4) is 0 Å². The minimum Gasteiger partial charge on any atom is -0.497 e. The van der Waals surface area contributed by atoms with Crippen LogP contribution in [0.5, 0.6) is 5.75 Å². The van der Waals surface area contributed by atoms with Gasteiger partial charge in [0.15, 0.2) is 0 Å². The highest BCUT2D eigenvalue weighted by molar-refractivity contribution is 5.79. The Kier molecular flexibility index (Phi) is 6.58. The van der Waals surface area contributed by atoms with E-state index in [1.54, 1.807) is 14.0 Å². The topological polar surface area (TPSA) is 65.1 Å². The van der Waals surface area contributed by atoms with Crippen molar-refractivity contribution in [1.82, 2.24) is 4.90 Å². The molecule has 1 aliphatic heterocycles. The molecule has 2 aliphatic rings. The van der Waals surface area contributed by atoms with Gasteiger partial charge in [0.25, 0.3) is 0 Å². The van der Waals surface area contributed by atoms with Crippen molar-refractivity contribution in [2.24, 2.45) is 5.92 Å². The first-order valence-corrected chi connectivity index (χ1v) is 9.86. The third kappa shape index (κ3) is 4.93. The van der Waals surface area contributed by atoms with Crippen molar-refractivity contribution in [3.05, 3.63) is 29.8 Å². The molecule has 27 heavy (non-hydrogen) atoms. The molecule has 6 nitrogen and oxygen atoms in total. The first-order valence-electron chi connectivity index (χ1n) is 9.86. The maximum absolute atomic E-state index is 13.0. The Balaban J connectivity index is 1.74. The number of likely N-dealkylation sites (tertiary alicyclic amines) is 1. The number of carbonyl (C=O) groups excluding carboxylic acids is 2. The first kappa shape index (κ1) is 19.5. The summed E-state index contributed by atoms with van der Waals surface area (Å²) in [5.41, 5.74) is 1.12. The summed E-state index contributed by atoms with van der Waals surface area (Å²) in [6.45, 7) is 3.13. The fraction of sp³-hybridized carbons (Fsp3) is 0.619. The highest BCUT2D eigenvalue weighted by Crippen LogP contribution is 2.33. The lowest BCUT2D eigenvalue weighted by Crippen LogP contribution is -2.48. The molecule has 1 aromatic rings. The van der Waals surface area contributed by atoms with E-state index in [4.69, 9.17) is 14.2 Å². The molecule has 0 radical (unpaired) electrons. The van der Waals surface area contributed by atoms with Gasteiger partial charge in [0, 0.05) is 18.4 Å². The molecular weight excluding hydrogens is 346 g/mol. The first-order chi connectivity index (χ1) is 13.1. The second-order valence-electron chi connectivity index (χ2n) is 7.35. The lowest BCUT2D eigenvalue weighted by molar-refractivity contribution is -0.139. The summed E-state index contributed by atoms with van der Waals surface area (Å²) in [5.74, 6) is 1.23. The maximum Gasteiger partial charge on any atom is 0.508 e. The fourth-order valence-corrected chi connectivity index (χ4v) is 4.15. The minimum absolute atomic E-state index is 0.114. The van der Waals surface area contributed by atoms with Crippen LogP contribution >= 0.6 is 0 Å². The summed E-state index contributed by atoms with van der Waals surface area (Å²) in [6, 6.07) is 7.89. The number of benzene rings is 1. The van der Waals surface area contributed by atoms with Gasteiger partial charge in [0.2, 0.25) is 5.91 Å². The zero-order chi connectivity index (χ0) is 19.2. The van der Waals surface area contributed by atoms with Gasteiger partial charge in [-0.15, -0.1) is 0 Å². The lowest BCUT2D eigenvalue weighted by Gasteiger charge is -2.38. The van der Waals surface area contributed by atoms with Gasteiger partial charge in [-0.25, -0.2) is 4.79 Å². The predicted octanol–water partition coefficient (Wildman–Crippen LogP) is 3.74. The third-order valence-corrected chi connectivity index (χ3v) is 5.54. The second-order valence-corrected chi connectivity index (χ2v) is 7.35. The average Bonchev–Trinajstić information content (AvgIpc) is 3.22. The standard InChI is InChI=1S/C21H29NO5/c1-3-26-21(24)27-19-12-17(15-8-10-18(25-2)11-9-15)13-22(14-19)20(23)16-6-4-5-7-16/h8-11,16-17,19H,3-7,12-14H2,1-2H3. The van der Waals surface area contributed by atoms with Gasteiger partial charge in [-0.05, 0) is 43.9 Å². The van der Waals surface area contributed by atoms with E-state index in [-0.39, 0.29) is 30.5 Å². The Morgan fingerprint density at radius 3 is 2.44 bits per heavy atom. The molecule has 1 aromatic carbocycles. The number of methoxy groups -OCH3 is 1.